The fourth-order valence-corrected chi connectivity index (χ4v) is 4.98. The van der Waals surface area contributed by atoms with Crippen molar-refractivity contribution in [3.05, 3.63) is 66.7 Å². The first-order valence-electron chi connectivity index (χ1n) is 15.0. The minimum atomic E-state index is -0.478. The molecular weight excluding hydrogens is 520 g/mol. The van der Waals surface area contributed by atoms with E-state index >= 15 is 0 Å². The van der Waals surface area contributed by atoms with Crippen molar-refractivity contribution in [3.8, 4) is 17.2 Å². The third-order valence-electron chi connectivity index (χ3n) is 7.46. The summed E-state index contributed by atoms with van der Waals surface area (Å²) in [6.45, 7) is 6.55. The zero-order chi connectivity index (χ0) is 29.3. The average molecular weight is 565 g/mol. The Labute approximate surface area is 244 Å². The number of hydrogen-bond acceptors (Lipinski definition) is 7. The Morgan fingerprint density at radius 2 is 1.37 bits per heavy atom. The second-order valence-electron chi connectivity index (χ2n) is 10.7. The molecular formula is C34H44O7. The summed E-state index contributed by atoms with van der Waals surface area (Å²) in [5.41, 5.74) is 0.409. The molecule has 41 heavy (non-hydrogen) atoms. The third kappa shape index (κ3) is 11.8. The van der Waals surface area contributed by atoms with Crippen LogP contribution in [0.25, 0.3) is 0 Å². The fourth-order valence-electron chi connectivity index (χ4n) is 4.98. The highest BCUT2D eigenvalue weighted by atomic mass is 16.5. The maximum atomic E-state index is 12.6. The van der Waals surface area contributed by atoms with Gasteiger partial charge in [0, 0.05) is 6.08 Å². The Bertz CT molecular complexity index is 1080. The van der Waals surface area contributed by atoms with E-state index in [0.717, 1.165) is 63.4 Å². The first-order valence-corrected chi connectivity index (χ1v) is 15.0. The summed E-state index contributed by atoms with van der Waals surface area (Å²) in [6.07, 6.45) is 13.8. The molecule has 1 fully saturated rings. The number of esters is 3. The molecule has 0 spiro atoms. The Hall–Kier alpha value is -3.61. The second-order valence-corrected chi connectivity index (χ2v) is 10.7. The Kier molecular flexibility index (Phi) is 14.0. The van der Waals surface area contributed by atoms with Crippen molar-refractivity contribution in [2.24, 2.45) is 11.8 Å². The number of carbonyl (C=O) groups is 3. The normalized spacial score (nSPS) is 16.4. The molecule has 0 atom stereocenters. The monoisotopic (exact) mass is 564 g/mol. The van der Waals surface area contributed by atoms with E-state index in [9.17, 15) is 14.4 Å². The van der Waals surface area contributed by atoms with E-state index in [0.29, 0.717) is 36.0 Å². The van der Waals surface area contributed by atoms with Gasteiger partial charge in [-0.25, -0.2) is 9.59 Å². The molecule has 0 heterocycles. The van der Waals surface area contributed by atoms with E-state index in [1.165, 1.54) is 25.7 Å². The van der Waals surface area contributed by atoms with Gasteiger partial charge in [-0.1, -0.05) is 39.2 Å². The molecule has 7 heteroatoms. The standard InChI is InChI=1S/C34H44O7/c1-3-5-8-11-26-12-14-27(15-13-26)33(36)40-30-20-22-31(23-21-30)41-34(37)28-16-18-29(19-17-28)38-24-9-6-7-10-25-39-32(35)4-2/h4,16-23,26-27H,2-3,5-15,24-25H2,1H3/t26-,27-. The predicted octanol–water partition coefficient (Wildman–Crippen LogP) is 7.87. The van der Waals surface area contributed by atoms with Gasteiger partial charge in [-0.15, -0.1) is 0 Å². The van der Waals surface area contributed by atoms with Crippen LogP contribution in [0.4, 0.5) is 0 Å². The SMILES string of the molecule is C=CC(=O)OCCCCCCOc1ccc(C(=O)Oc2ccc(OC(=O)[C@H]3CC[C@H](CCCCC)CC3)cc2)cc1. The quantitative estimate of drug-likeness (QED) is 0.0836. The molecule has 0 N–H and O–H groups in total. The molecule has 7 nitrogen and oxygen atoms in total. The molecule has 0 bridgehead atoms. The van der Waals surface area contributed by atoms with Crippen molar-refractivity contribution in [2.75, 3.05) is 13.2 Å². The molecule has 1 aliphatic rings. The van der Waals surface area contributed by atoms with Gasteiger partial charge in [0.15, 0.2) is 0 Å². The number of rotatable bonds is 17. The second kappa shape index (κ2) is 17.9. The van der Waals surface area contributed by atoms with Gasteiger partial charge in [-0.05, 0) is 106 Å². The molecule has 0 unspecified atom stereocenters. The number of carbonyl (C=O) groups excluding carboxylic acids is 3. The molecule has 0 radical (unpaired) electrons. The lowest BCUT2D eigenvalue weighted by Crippen LogP contribution is -2.25. The van der Waals surface area contributed by atoms with Gasteiger partial charge in [0.25, 0.3) is 0 Å². The maximum absolute atomic E-state index is 12.6. The van der Waals surface area contributed by atoms with Gasteiger partial charge >= 0.3 is 17.9 Å². The van der Waals surface area contributed by atoms with Crippen molar-refractivity contribution < 1.29 is 33.3 Å². The molecule has 0 amide bonds. The first kappa shape index (κ1) is 31.9. The van der Waals surface area contributed by atoms with E-state index in [1.807, 2.05) is 0 Å². The van der Waals surface area contributed by atoms with Crippen molar-refractivity contribution in [3.63, 3.8) is 0 Å². The summed E-state index contributed by atoms with van der Waals surface area (Å²) < 4.78 is 21.8. The van der Waals surface area contributed by atoms with Gasteiger partial charge in [-0.3, -0.25) is 4.79 Å². The number of unbranched alkanes of at least 4 members (excludes halogenated alkanes) is 5. The Morgan fingerprint density at radius 3 is 2.00 bits per heavy atom. The average Bonchev–Trinajstić information content (AvgIpc) is 3.00. The summed E-state index contributed by atoms with van der Waals surface area (Å²) in [7, 11) is 0. The molecule has 222 valence electrons. The van der Waals surface area contributed by atoms with Crippen LogP contribution >= 0.6 is 0 Å². The van der Waals surface area contributed by atoms with E-state index in [-0.39, 0.29) is 11.9 Å². The van der Waals surface area contributed by atoms with Crippen LogP contribution in [-0.2, 0) is 14.3 Å². The molecule has 0 aromatic heterocycles. The number of ether oxygens (including phenoxy) is 4. The minimum Gasteiger partial charge on any atom is -0.494 e. The van der Waals surface area contributed by atoms with Crippen LogP contribution in [0.2, 0.25) is 0 Å². The number of hydrogen-bond donors (Lipinski definition) is 0. The summed E-state index contributed by atoms with van der Waals surface area (Å²) >= 11 is 0. The summed E-state index contributed by atoms with van der Waals surface area (Å²) in [5, 5.41) is 0. The van der Waals surface area contributed by atoms with Crippen molar-refractivity contribution >= 4 is 17.9 Å². The lowest BCUT2D eigenvalue weighted by atomic mass is 9.80. The smallest absolute Gasteiger partial charge is 0.343 e. The highest BCUT2D eigenvalue weighted by Crippen LogP contribution is 2.33. The third-order valence-corrected chi connectivity index (χ3v) is 7.46. The van der Waals surface area contributed by atoms with Gasteiger partial charge in [0.05, 0.1) is 24.7 Å². The molecule has 1 saturated carbocycles. The van der Waals surface area contributed by atoms with Crippen LogP contribution in [0.1, 0.15) is 94.3 Å². The van der Waals surface area contributed by atoms with Crippen LogP contribution in [0.3, 0.4) is 0 Å². The molecule has 2 aromatic rings. The van der Waals surface area contributed by atoms with E-state index in [2.05, 4.69) is 13.5 Å². The molecule has 0 aliphatic heterocycles. The molecule has 2 aromatic carbocycles. The molecule has 0 saturated heterocycles. The summed E-state index contributed by atoms with van der Waals surface area (Å²) in [5.74, 6) is 1.17. The van der Waals surface area contributed by atoms with Gasteiger partial charge in [0.2, 0.25) is 0 Å². The predicted molar refractivity (Wildman–Crippen MR) is 158 cm³/mol. The van der Waals surface area contributed by atoms with Crippen molar-refractivity contribution in [1.29, 1.82) is 0 Å². The van der Waals surface area contributed by atoms with E-state index in [4.69, 9.17) is 18.9 Å². The summed E-state index contributed by atoms with van der Waals surface area (Å²) in [4.78, 5) is 36.2. The van der Waals surface area contributed by atoms with Crippen LogP contribution in [0.15, 0.2) is 61.2 Å². The zero-order valence-electron chi connectivity index (χ0n) is 24.3. The van der Waals surface area contributed by atoms with Gasteiger partial charge < -0.3 is 18.9 Å². The topological polar surface area (TPSA) is 88.1 Å². The number of benzene rings is 2. The highest BCUT2D eigenvalue weighted by molar-refractivity contribution is 5.91. The first-order chi connectivity index (χ1) is 20.0. The Morgan fingerprint density at radius 1 is 0.756 bits per heavy atom. The maximum Gasteiger partial charge on any atom is 0.343 e. The summed E-state index contributed by atoms with van der Waals surface area (Å²) in [6, 6.07) is 13.4. The van der Waals surface area contributed by atoms with E-state index in [1.54, 1.807) is 48.5 Å². The van der Waals surface area contributed by atoms with Crippen LogP contribution < -0.4 is 14.2 Å². The van der Waals surface area contributed by atoms with Crippen molar-refractivity contribution in [1.82, 2.24) is 0 Å². The van der Waals surface area contributed by atoms with Gasteiger partial charge in [0.1, 0.15) is 17.2 Å². The minimum absolute atomic E-state index is 0.0394. The zero-order valence-corrected chi connectivity index (χ0v) is 24.3. The molecule has 1 aliphatic carbocycles. The molecule has 3 rings (SSSR count). The Balaban J connectivity index is 1.33. The van der Waals surface area contributed by atoms with Crippen LogP contribution in [-0.4, -0.2) is 31.1 Å². The highest BCUT2D eigenvalue weighted by Gasteiger charge is 2.27. The lowest BCUT2D eigenvalue weighted by molar-refractivity contribution is -0.140. The van der Waals surface area contributed by atoms with Crippen LogP contribution in [0.5, 0.6) is 17.2 Å². The fraction of sp³-hybridized carbons (Fsp3) is 0.500. The van der Waals surface area contributed by atoms with Crippen LogP contribution in [0, 0.1) is 11.8 Å². The van der Waals surface area contributed by atoms with Gasteiger partial charge in [-0.2, -0.15) is 0 Å². The van der Waals surface area contributed by atoms with Crippen molar-refractivity contribution in [2.45, 2.75) is 84.0 Å². The lowest BCUT2D eigenvalue weighted by Gasteiger charge is -2.27. The van der Waals surface area contributed by atoms with E-state index < -0.39 is 11.9 Å². The largest absolute Gasteiger partial charge is 0.494 e.